The second kappa shape index (κ2) is 4.80. The van der Waals surface area contributed by atoms with Gasteiger partial charge in [-0.15, -0.1) is 16.7 Å². The van der Waals surface area contributed by atoms with Crippen LogP contribution in [0, 0.1) is 12.8 Å². The van der Waals surface area contributed by atoms with Gasteiger partial charge in [0.25, 0.3) is 0 Å². The molecule has 8 heteroatoms. The molecule has 1 rings (SSSR count). The van der Waals surface area contributed by atoms with Gasteiger partial charge in [0.1, 0.15) is 0 Å². The van der Waals surface area contributed by atoms with Crippen LogP contribution in [0.3, 0.4) is 0 Å². The van der Waals surface area contributed by atoms with Crippen molar-refractivity contribution in [2.45, 2.75) is 13.8 Å². The van der Waals surface area contributed by atoms with Crippen LogP contribution in [0.4, 0.5) is 6.01 Å². The van der Waals surface area contributed by atoms with Crippen molar-refractivity contribution in [3.8, 4) is 0 Å². The van der Waals surface area contributed by atoms with Crippen molar-refractivity contribution < 1.29 is 12.8 Å². The van der Waals surface area contributed by atoms with Crippen LogP contribution in [0.15, 0.2) is 4.42 Å². The molecule has 0 spiro atoms. The minimum atomic E-state index is -3.46. The molecular formula is C7H12ClN3O3S. The molecule has 0 aliphatic carbocycles. The van der Waals surface area contributed by atoms with Crippen LogP contribution < -0.4 is 4.72 Å². The number of sulfonamides is 1. The van der Waals surface area contributed by atoms with Crippen LogP contribution in [-0.4, -0.2) is 30.2 Å². The van der Waals surface area contributed by atoms with Crippen molar-refractivity contribution in [3.05, 3.63) is 5.89 Å². The molecule has 1 heterocycles. The van der Waals surface area contributed by atoms with Gasteiger partial charge < -0.3 is 4.42 Å². The van der Waals surface area contributed by atoms with Gasteiger partial charge in [0.2, 0.25) is 15.9 Å². The molecule has 1 aromatic heterocycles. The molecule has 0 fully saturated rings. The molecule has 0 amide bonds. The number of aromatic nitrogens is 2. The number of aryl methyl sites for hydroxylation is 1. The van der Waals surface area contributed by atoms with E-state index in [4.69, 9.17) is 16.0 Å². The lowest BCUT2D eigenvalue weighted by molar-refractivity contribution is 0.533. The summed E-state index contributed by atoms with van der Waals surface area (Å²) in [5.41, 5.74) is 0. The zero-order chi connectivity index (χ0) is 11.5. The Kier molecular flexibility index (Phi) is 3.92. The van der Waals surface area contributed by atoms with Gasteiger partial charge >= 0.3 is 6.01 Å². The third-order valence-electron chi connectivity index (χ3n) is 1.54. The molecule has 6 nitrogen and oxygen atoms in total. The highest BCUT2D eigenvalue weighted by molar-refractivity contribution is 7.92. The Labute approximate surface area is 93.1 Å². The van der Waals surface area contributed by atoms with E-state index in [0.717, 1.165) is 0 Å². The van der Waals surface area contributed by atoms with E-state index >= 15 is 0 Å². The quantitative estimate of drug-likeness (QED) is 0.791. The third-order valence-corrected chi connectivity index (χ3v) is 3.56. The molecule has 1 atom stereocenters. The smallest absolute Gasteiger partial charge is 0.329 e. The average molecular weight is 254 g/mol. The number of hydrogen-bond acceptors (Lipinski definition) is 5. The van der Waals surface area contributed by atoms with Gasteiger partial charge in [-0.2, -0.15) is 0 Å². The summed E-state index contributed by atoms with van der Waals surface area (Å²) in [5.74, 6) is 0.382. The summed E-state index contributed by atoms with van der Waals surface area (Å²) < 4.78 is 30.0. The number of hydrogen-bond donors (Lipinski definition) is 1. The SMILES string of the molecule is Cc1nnc(NS(=O)(=O)CC(C)CCl)o1. The van der Waals surface area contributed by atoms with Gasteiger partial charge in [0, 0.05) is 12.8 Å². The van der Waals surface area contributed by atoms with Crippen molar-refractivity contribution >= 4 is 27.6 Å². The fourth-order valence-corrected chi connectivity index (χ4v) is 2.47. The molecule has 86 valence electrons. The number of alkyl halides is 1. The Morgan fingerprint density at radius 3 is 2.67 bits per heavy atom. The first-order chi connectivity index (χ1) is 6.93. The number of rotatable bonds is 5. The summed E-state index contributed by atoms with van der Waals surface area (Å²) in [5, 5.41) is 7.02. The van der Waals surface area contributed by atoms with E-state index in [0.29, 0.717) is 5.89 Å². The topological polar surface area (TPSA) is 85.1 Å². The maximum absolute atomic E-state index is 11.5. The molecule has 1 unspecified atom stereocenters. The zero-order valence-electron chi connectivity index (χ0n) is 8.40. The lowest BCUT2D eigenvalue weighted by Gasteiger charge is -2.07. The highest BCUT2D eigenvalue weighted by Crippen LogP contribution is 2.09. The lowest BCUT2D eigenvalue weighted by Crippen LogP contribution is -2.22. The lowest BCUT2D eigenvalue weighted by atomic mass is 10.3. The average Bonchev–Trinajstić information content (AvgIpc) is 2.49. The standard InChI is InChI=1S/C7H12ClN3O3S/c1-5(3-8)4-15(12,13)11-7-10-9-6(2)14-7/h5H,3-4H2,1-2H3,(H,10,11). The summed E-state index contributed by atoms with van der Waals surface area (Å²) in [4.78, 5) is 0. The number of nitrogens with one attached hydrogen (secondary N) is 1. The Bertz CT molecular complexity index is 417. The van der Waals surface area contributed by atoms with E-state index in [1.165, 1.54) is 0 Å². The molecule has 1 N–H and O–H groups in total. The number of anilines is 1. The van der Waals surface area contributed by atoms with E-state index in [1.807, 2.05) is 0 Å². The minimum Gasteiger partial charge on any atom is -0.408 e. The van der Waals surface area contributed by atoms with Gasteiger partial charge in [0.15, 0.2) is 0 Å². The first kappa shape index (κ1) is 12.3. The summed E-state index contributed by atoms with van der Waals surface area (Å²) >= 11 is 5.52. The summed E-state index contributed by atoms with van der Waals surface area (Å²) in [6.07, 6.45) is 0. The zero-order valence-corrected chi connectivity index (χ0v) is 9.97. The third kappa shape index (κ3) is 4.05. The van der Waals surface area contributed by atoms with Crippen LogP contribution in [0.25, 0.3) is 0 Å². The van der Waals surface area contributed by atoms with E-state index in [1.54, 1.807) is 13.8 Å². The predicted molar refractivity (Wildman–Crippen MR) is 56.3 cm³/mol. The molecular weight excluding hydrogens is 242 g/mol. The molecule has 0 radical (unpaired) electrons. The Balaban J connectivity index is 2.64. The van der Waals surface area contributed by atoms with Gasteiger partial charge in [0.05, 0.1) is 5.75 Å². The second-order valence-corrected chi connectivity index (χ2v) is 5.34. The van der Waals surface area contributed by atoms with Crippen LogP contribution in [0.1, 0.15) is 12.8 Å². The second-order valence-electron chi connectivity index (χ2n) is 3.27. The van der Waals surface area contributed by atoms with Crippen molar-refractivity contribution in [1.29, 1.82) is 0 Å². The molecule has 0 saturated carbocycles. The molecule has 0 aromatic carbocycles. The molecule has 0 saturated heterocycles. The first-order valence-corrected chi connectivity index (χ1v) is 6.48. The Morgan fingerprint density at radius 1 is 1.53 bits per heavy atom. The Morgan fingerprint density at radius 2 is 2.20 bits per heavy atom. The van der Waals surface area contributed by atoms with Gasteiger partial charge in [-0.25, -0.2) is 13.1 Å². The Hall–Kier alpha value is -0.820. The van der Waals surface area contributed by atoms with Crippen molar-refractivity contribution in [2.24, 2.45) is 5.92 Å². The normalized spacial score (nSPS) is 13.8. The van der Waals surface area contributed by atoms with Crippen LogP contribution in [0.5, 0.6) is 0 Å². The largest absolute Gasteiger partial charge is 0.408 e. The number of halogens is 1. The molecule has 0 aliphatic heterocycles. The summed E-state index contributed by atoms with van der Waals surface area (Å²) in [6.45, 7) is 3.32. The van der Waals surface area contributed by atoms with Crippen LogP contribution in [0.2, 0.25) is 0 Å². The maximum atomic E-state index is 11.5. The fourth-order valence-electron chi connectivity index (χ4n) is 0.932. The monoisotopic (exact) mass is 253 g/mol. The highest BCUT2D eigenvalue weighted by atomic mass is 35.5. The summed E-state index contributed by atoms with van der Waals surface area (Å²) in [7, 11) is -3.46. The predicted octanol–water partition coefficient (Wildman–Crippen LogP) is 0.995. The van der Waals surface area contributed by atoms with Gasteiger partial charge in [-0.3, -0.25) is 0 Å². The van der Waals surface area contributed by atoms with Gasteiger partial charge in [-0.1, -0.05) is 12.0 Å². The van der Waals surface area contributed by atoms with Crippen LogP contribution >= 0.6 is 11.6 Å². The molecule has 0 aliphatic rings. The highest BCUT2D eigenvalue weighted by Gasteiger charge is 2.17. The maximum Gasteiger partial charge on any atom is 0.329 e. The number of nitrogens with zero attached hydrogens (tertiary/aromatic N) is 2. The van der Waals surface area contributed by atoms with Crippen molar-refractivity contribution in [3.63, 3.8) is 0 Å². The van der Waals surface area contributed by atoms with E-state index in [-0.39, 0.29) is 23.6 Å². The van der Waals surface area contributed by atoms with Gasteiger partial charge in [-0.05, 0) is 5.92 Å². The first-order valence-electron chi connectivity index (χ1n) is 4.29. The minimum absolute atomic E-state index is 0.0715. The van der Waals surface area contributed by atoms with Crippen molar-refractivity contribution in [1.82, 2.24) is 10.2 Å². The summed E-state index contributed by atoms with van der Waals surface area (Å²) in [6, 6.07) is -0.116. The van der Waals surface area contributed by atoms with Crippen molar-refractivity contribution in [2.75, 3.05) is 16.4 Å². The van der Waals surface area contributed by atoms with E-state index in [9.17, 15) is 8.42 Å². The fraction of sp³-hybridized carbons (Fsp3) is 0.714. The van der Waals surface area contributed by atoms with E-state index < -0.39 is 10.0 Å². The molecule has 0 bridgehead atoms. The molecule has 15 heavy (non-hydrogen) atoms. The molecule has 1 aromatic rings. The van der Waals surface area contributed by atoms with E-state index in [2.05, 4.69) is 14.9 Å². The van der Waals surface area contributed by atoms with Crippen LogP contribution in [-0.2, 0) is 10.0 Å².